The van der Waals surface area contributed by atoms with Crippen molar-refractivity contribution in [3.8, 4) is 22.6 Å². The second-order valence-electron chi connectivity index (χ2n) is 9.85. The van der Waals surface area contributed by atoms with Gasteiger partial charge in [-0.2, -0.15) is 0 Å². The molecule has 6 aromatic carbocycles. The third-order valence-corrected chi connectivity index (χ3v) is 9.15. The molecular weight excluding hydrogens is 771 g/mol. The number of hydrogen-bond donors (Lipinski definition) is 2. The minimum absolute atomic E-state index is 0.378. The maximum Gasteiger partial charge on any atom is 0.492 e. The molecule has 2 N–H and O–H groups in total. The molecule has 0 fully saturated rings. The lowest BCUT2D eigenvalue weighted by Gasteiger charge is -2.12. The number of benzene rings is 6. The molecule has 4 nitrogen and oxygen atoms in total. The van der Waals surface area contributed by atoms with E-state index in [0.717, 1.165) is 35.9 Å². The van der Waals surface area contributed by atoms with E-state index >= 15 is 0 Å². The molecule has 0 aliphatic carbocycles. The normalized spacial score (nSPS) is 10.0. The van der Waals surface area contributed by atoms with Crippen molar-refractivity contribution in [1.29, 1.82) is 0 Å². The summed E-state index contributed by atoms with van der Waals surface area (Å²) in [4.78, 5) is 0. The van der Waals surface area contributed by atoms with Gasteiger partial charge in [0.1, 0.15) is 24.7 Å². The molecule has 0 spiro atoms. The lowest BCUT2D eigenvalue weighted by atomic mass is 9.79. The summed E-state index contributed by atoms with van der Waals surface area (Å²) in [6, 6.07) is 51.1. The average molecular weight is 803 g/mol. The van der Waals surface area contributed by atoms with Gasteiger partial charge in [0.25, 0.3) is 0 Å². The number of halogens is 3. The molecule has 0 bridgehead atoms. The molecule has 0 aliphatic heterocycles. The average Bonchev–Trinajstić information content (AvgIpc) is 3.10. The predicted molar refractivity (Wildman–Crippen MR) is 199 cm³/mol. The SMILES string of the molecule is Brc1ccccc1-c1ccccc1OCc1ccccc1.Brc1ccccc1Br.OB(O)c1ccccc1OCc1ccccc1. The van der Waals surface area contributed by atoms with E-state index in [2.05, 4.69) is 72.1 Å². The number of rotatable bonds is 8. The first-order chi connectivity index (χ1) is 22.4. The van der Waals surface area contributed by atoms with E-state index in [4.69, 9.17) is 9.47 Å². The minimum Gasteiger partial charge on any atom is -0.489 e. The molecule has 0 radical (unpaired) electrons. The highest BCUT2D eigenvalue weighted by Crippen LogP contribution is 2.35. The van der Waals surface area contributed by atoms with Crippen LogP contribution in [-0.4, -0.2) is 17.2 Å². The Labute approximate surface area is 296 Å². The van der Waals surface area contributed by atoms with Crippen LogP contribution in [0, 0.1) is 0 Å². The highest BCUT2D eigenvalue weighted by Gasteiger charge is 2.16. The predicted octanol–water partition coefficient (Wildman–Crippen LogP) is 9.85. The van der Waals surface area contributed by atoms with Crippen LogP contribution in [0.5, 0.6) is 11.5 Å². The molecule has 46 heavy (non-hydrogen) atoms. The second kappa shape index (κ2) is 19.1. The van der Waals surface area contributed by atoms with Crippen LogP contribution in [0.3, 0.4) is 0 Å². The number of hydrogen-bond acceptors (Lipinski definition) is 4. The van der Waals surface area contributed by atoms with Crippen molar-refractivity contribution in [3.63, 3.8) is 0 Å². The first kappa shape index (κ1) is 35.2. The minimum atomic E-state index is -1.51. The summed E-state index contributed by atoms with van der Waals surface area (Å²) < 4.78 is 14.8. The highest BCUT2D eigenvalue weighted by molar-refractivity contribution is 9.13. The summed E-state index contributed by atoms with van der Waals surface area (Å²) in [5, 5.41) is 18.4. The van der Waals surface area contributed by atoms with Crippen molar-refractivity contribution in [1.82, 2.24) is 0 Å². The monoisotopic (exact) mass is 800 g/mol. The van der Waals surface area contributed by atoms with Gasteiger partial charge in [-0.3, -0.25) is 0 Å². The Morgan fingerprint density at radius 1 is 0.413 bits per heavy atom. The van der Waals surface area contributed by atoms with Crippen molar-refractivity contribution in [2.24, 2.45) is 0 Å². The summed E-state index contributed by atoms with van der Waals surface area (Å²) in [7, 11) is -1.51. The van der Waals surface area contributed by atoms with Crippen LogP contribution in [0.4, 0.5) is 0 Å². The fraction of sp³-hybridized carbons (Fsp3) is 0.0526. The van der Waals surface area contributed by atoms with Crippen molar-refractivity contribution < 1.29 is 19.5 Å². The second-order valence-corrected chi connectivity index (χ2v) is 12.4. The van der Waals surface area contributed by atoms with Gasteiger partial charge in [-0.1, -0.05) is 143 Å². The molecule has 0 unspecified atom stereocenters. The van der Waals surface area contributed by atoms with E-state index < -0.39 is 7.12 Å². The third kappa shape index (κ3) is 11.3. The molecular formula is C38H32BBr3O4. The van der Waals surface area contributed by atoms with Gasteiger partial charge in [0.05, 0.1) is 0 Å². The highest BCUT2D eigenvalue weighted by atomic mass is 79.9. The van der Waals surface area contributed by atoms with Crippen LogP contribution in [0.1, 0.15) is 11.1 Å². The summed E-state index contributed by atoms with van der Waals surface area (Å²) in [5.74, 6) is 1.39. The van der Waals surface area contributed by atoms with Gasteiger partial charge in [-0.25, -0.2) is 0 Å². The van der Waals surface area contributed by atoms with E-state index in [1.54, 1.807) is 24.3 Å². The fourth-order valence-electron chi connectivity index (χ4n) is 4.23. The summed E-state index contributed by atoms with van der Waals surface area (Å²) in [5.41, 5.74) is 4.82. The van der Waals surface area contributed by atoms with E-state index in [1.807, 2.05) is 109 Å². The fourth-order valence-corrected chi connectivity index (χ4v) is 5.30. The molecule has 6 rings (SSSR count). The molecule has 0 atom stereocenters. The van der Waals surface area contributed by atoms with Crippen LogP contribution in [0.15, 0.2) is 171 Å². The molecule has 232 valence electrons. The third-order valence-electron chi connectivity index (χ3n) is 6.55. The zero-order valence-corrected chi connectivity index (χ0v) is 29.6. The summed E-state index contributed by atoms with van der Waals surface area (Å²) in [6.07, 6.45) is 0. The molecule has 0 heterocycles. The van der Waals surface area contributed by atoms with E-state index in [0.29, 0.717) is 24.4 Å². The summed E-state index contributed by atoms with van der Waals surface area (Å²) >= 11 is 10.3. The van der Waals surface area contributed by atoms with E-state index in [1.165, 1.54) is 5.56 Å². The number of para-hydroxylation sites is 2. The lowest BCUT2D eigenvalue weighted by molar-refractivity contribution is 0.306. The quantitative estimate of drug-likeness (QED) is 0.151. The van der Waals surface area contributed by atoms with Crippen LogP contribution in [0.25, 0.3) is 11.1 Å². The Morgan fingerprint density at radius 3 is 1.30 bits per heavy atom. The zero-order chi connectivity index (χ0) is 32.6. The Kier molecular flexibility index (Phi) is 14.6. The standard InChI is InChI=1S/C19H15BrO.C13H13BO3.C6H4Br2/c20-18-12-6-4-10-16(18)17-11-5-7-13-19(17)21-14-15-8-2-1-3-9-15;15-14(16)12-8-4-5-9-13(12)17-10-11-6-2-1-3-7-11;7-5-3-1-2-4-6(5)8/h1-13H,14H2;1-9,15-16H,10H2;1-4H. The molecule has 0 saturated carbocycles. The van der Waals surface area contributed by atoms with Crippen molar-refractivity contribution >= 4 is 60.4 Å². The Bertz CT molecular complexity index is 1750. The maximum absolute atomic E-state index is 9.18. The largest absolute Gasteiger partial charge is 0.492 e. The molecule has 8 heteroatoms. The molecule has 0 aromatic heterocycles. The van der Waals surface area contributed by atoms with Gasteiger partial charge in [0.2, 0.25) is 0 Å². The molecule has 0 aliphatic rings. The zero-order valence-electron chi connectivity index (χ0n) is 24.8. The Hall–Kier alpha value is -3.66. The molecule has 0 amide bonds. The van der Waals surface area contributed by atoms with Crippen molar-refractivity contribution in [2.45, 2.75) is 13.2 Å². The van der Waals surface area contributed by atoms with E-state index in [9.17, 15) is 10.0 Å². The van der Waals surface area contributed by atoms with Crippen molar-refractivity contribution in [3.05, 3.63) is 182 Å². The van der Waals surface area contributed by atoms with Crippen LogP contribution in [0.2, 0.25) is 0 Å². The van der Waals surface area contributed by atoms with Gasteiger partial charge < -0.3 is 19.5 Å². The van der Waals surface area contributed by atoms with Gasteiger partial charge in [-0.15, -0.1) is 0 Å². The molecule has 6 aromatic rings. The Balaban J connectivity index is 0.000000172. The van der Waals surface area contributed by atoms with Gasteiger partial charge in [0.15, 0.2) is 0 Å². The first-order valence-corrected chi connectivity index (χ1v) is 16.8. The van der Waals surface area contributed by atoms with Crippen molar-refractivity contribution in [2.75, 3.05) is 0 Å². The van der Waals surface area contributed by atoms with Gasteiger partial charge in [-0.05, 0) is 78.9 Å². The van der Waals surface area contributed by atoms with Gasteiger partial charge in [0, 0.05) is 24.4 Å². The number of ether oxygens (including phenoxy) is 2. The smallest absolute Gasteiger partial charge is 0.489 e. The summed E-state index contributed by atoms with van der Waals surface area (Å²) in [6.45, 7) is 0.979. The van der Waals surface area contributed by atoms with Gasteiger partial charge >= 0.3 is 7.12 Å². The topological polar surface area (TPSA) is 58.9 Å². The van der Waals surface area contributed by atoms with E-state index in [-0.39, 0.29) is 0 Å². The lowest BCUT2D eigenvalue weighted by Crippen LogP contribution is -2.31. The first-order valence-electron chi connectivity index (χ1n) is 14.4. The van der Waals surface area contributed by atoms with Crippen LogP contribution < -0.4 is 14.9 Å². The van der Waals surface area contributed by atoms with Crippen LogP contribution >= 0.6 is 47.8 Å². The van der Waals surface area contributed by atoms with Crippen LogP contribution in [-0.2, 0) is 13.2 Å². The molecule has 0 saturated heterocycles. The maximum atomic E-state index is 9.18. The Morgan fingerprint density at radius 2 is 0.804 bits per heavy atom.